The fraction of sp³-hybridized carbons (Fsp3) is 0.0714. The second kappa shape index (κ2) is 6.23. The van der Waals surface area contributed by atoms with E-state index in [-0.39, 0.29) is 16.5 Å². The van der Waals surface area contributed by atoms with Gasteiger partial charge in [-0.3, -0.25) is 14.9 Å². The van der Waals surface area contributed by atoms with Gasteiger partial charge in [0.1, 0.15) is 11.5 Å². The first-order valence-electron chi connectivity index (χ1n) is 5.80. The summed E-state index contributed by atoms with van der Waals surface area (Å²) in [4.78, 5) is 21.2. The molecule has 2 aromatic rings. The van der Waals surface area contributed by atoms with Gasteiger partial charge in [-0.15, -0.1) is 0 Å². The van der Waals surface area contributed by atoms with Crippen molar-refractivity contribution in [1.82, 2.24) is 0 Å². The van der Waals surface area contributed by atoms with Crippen molar-refractivity contribution >= 4 is 23.6 Å². The van der Waals surface area contributed by atoms with E-state index in [1.54, 1.807) is 6.07 Å². The Morgan fingerprint density at radius 1 is 1.19 bits per heavy atom. The molecule has 2 aromatic carbocycles. The van der Waals surface area contributed by atoms with Crippen molar-refractivity contribution in [2.24, 2.45) is 0 Å². The predicted octanol–water partition coefficient (Wildman–Crippen LogP) is 3.86. The lowest BCUT2D eigenvalue weighted by molar-refractivity contribution is -0.385. The Balaban J connectivity index is 2.37. The number of nitrogens with zero attached hydrogens (tertiary/aromatic N) is 1. The summed E-state index contributed by atoms with van der Waals surface area (Å²) in [6, 6.07) is 8.63. The topological polar surface area (TPSA) is 78.7 Å². The minimum atomic E-state index is -0.570. The number of nitro groups is 1. The van der Waals surface area contributed by atoms with Gasteiger partial charge in [0.2, 0.25) is 5.75 Å². The SMILES string of the molecule is COc1ccc(Oc2ccc(C=O)c(Cl)c2)c([N+](=O)[O-])c1. The van der Waals surface area contributed by atoms with Crippen molar-refractivity contribution < 1.29 is 19.2 Å². The van der Waals surface area contributed by atoms with Gasteiger partial charge in [0, 0.05) is 11.6 Å². The van der Waals surface area contributed by atoms with E-state index in [4.69, 9.17) is 21.1 Å². The lowest BCUT2D eigenvalue weighted by Gasteiger charge is -2.08. The van der Waals surface area contributed by atoms with Crippen LogP contribution < -0.4 is 9.47 Å². The maximum absolute atomic E-state index is 11.0. The Bertz CT molecular complexity index is 702. The number of carbonyl (C=O) groups is 1. The smallest absolute Gasteiger partial charge is 0.315 e. The summed E-state index contributed by atoms with van der Waals surface area (Å²) in [6.07, 6.45) is 0.613. The molecule has 0 amide bonds. The van der Waals surface area contributed by atoms with Gasteiger partial charge in [0.05, 0.1) is 23.1 Å². The van der Waals surface area contributed by atoms with Crippen molar-refractivity contribution in [1.29, 1.82) is 0 Å². The molecule has 7 heteroatoms. The number of hydrogen-bond donors (Lipinski definition) is 0. The molecule has 108 valence electrons. The largest absolute Gasteiger partial charge is 0.496 e. The predicted molar refractivity (Wildman–Crippen MR) is 76.6 cm³/mol. The average molecular weight is 308 g/mol. The number of aldehydes is 1. The molecule has 0 aliphatic rings. The lowest BCUT2D eigenvalue weighted by Crippen LogP contribution is -1.95. The van der Waals surface area contributed by atoms with Gasteiger partial charge in [0.15, 0.2) is 6.29 Å². The van der Waals surface area contributed by atoms with Crippen molar-refractivity contribution in [3.63, 3.8) is 0 Å². The van der Waals surface area contributed by atoms with E-state index in [0.717, 1.165) is 0 Å². The Morgan fingerprint density at radius 3 is 2.48 bits per heavy atom. The number of hydrogen-bond acceptors (Lipinski definition) is 5. The van der Waals surface area contributed by atoms with E-state index in [1.165, 1.54) is 37.4 Å². The van der Waals surface area contributed by atoms with Crippen LogP contribution in [0.25, 0.3) is 0 Å². The molecule has 0 heterocycles. The van der Waals surface area contributed by atoms with Gasteiger partial charge < -0.3 is 9.47 Å². The zero-order valence-electron chi connectivity index (χ0n) is 10.9. The number of carbonyl (C=O) groups excluding carboxylic acids is 1. The number of benzene rings is 2. The van der Waals surface area contributed by atoms with Crippen LogP contribution in [0.1, 0.15) is 10.4 Å². The van der Waals surface area contributed by atoms with Crippen LogP contribution in [0, 0.1) is 10.1 Å². The van der Waals surface area contributed by atoms with Gasteiger partial charge >= 0.3 is 5.69 Å². The highest BCUT2D eigenvalue weighted by Gasteiger charge is 2.17. The van der Waals surface area contributed by atoms with Gasteiger partial charge in [-0.25, -0.2) is 0 Å². The minimum absolute atomic E-state index is 0.0516. The maximum Gasteiger partial charge on any atom is 0.315 e. The molecule has 0 saturated heterocycles. The van der Waals surface area contributed by atoms with Crippen LogP contribution >= 0.6 is 11.6 Å². The third-order valence-electron chi connectivity index (χ3n) is 2.69. The molecule has 6 nitrogen and oxygen atoms in total. The summed E-state index contributed by atoms with van der Waals surface area (Å²) < 4.78 is 10.4. The normalized spacial score (nSPS) is 10.0. The van der Waals surface area contributed by atoms with Crippen molar-refractivity contribution in [2.45, 2.75) is 0 Å². The van der Waals surface area contributed by atoms with Crippen LogP contribution in [0.5, 0.6) is 17.2 Å². The monoisotopic (exact) mass is 307 g/mol. The first-order valence-corrected chi connectivity index (χ1v) is 6.18. The van der Waals surface area contributed by atoms with Crippen LogP contribution in [0.3, 0.4) is 0 Å². The van der Waals surface area contributed by atoms with Crippen LogP contribution in [0.4, 0.5) is 5.69 Å². The Morgan fingerprint density at radius 2 is 1.90 bits per heavy atom. The van der Waals surface area contributed by atoms with Crippen molar-refractivity contribution in [2.75, 3.05) is 7.11 Å². The third-order valence-corrected chi connectivity index (χ3v) is 3.02. The molecule has 0 saturated carbocycles. The second-order valence-corrected chi connectivity index (χ2v) is 4.40. The summed E-state index contributed by atoms with van der Waals surface area (Å²) in [5, 5.41) is 11.3. The summed E-state index contributed by atoms with van der Waals surface area (Å²) in [7, 11) is 1.41. The summed E-state index contributed by atoms with van der Waals surface area (Å²) in [5.41, 5.74) is 0.0817. The molecule has 0 aliphatic heterocycles. The van der Waals surface area contributed by atoms with E-state index >= 15 is 0 Å². The second-order valence-electron chi connectivity index (χ2n) is 3.99. The van der Waals surface area contributed by atoms with Crippen LogP contribution in [0.15, 0.2) is 36.4 Å². The Hall–Kier alpha value is -2.60. The quantitative estimate of drug-likeness (QED) is 0.476. The molecular weight excluding hydrogens is 298 g/mol. The third kappa shape index (κ3) is 3.29. The van der Waals surface area contributed by atoms with E-state index in [9.17, 15) is 14.9 Å². The zero-order chi connectivity index (χ0) is 15.4. The Labute approximate surface area is 125 Å². The molecule has 0 bridgehead atoms. The molecule has 0 aromatic heterocycles. The van der Waals surface area contributed by atoms with Crippen LogP contribution in [-0.2, 0) is 0 Å². The van der Waals surface area contributed by atoms with Gasteiger partial charge in [0.25, 0.3) is 0 Å². The molecule has 0 aliphatic carbocycles. The highest BCUT2D eigenvalue weighted by Crippen LogP contribution is 2.35. The molecule has 2 rings (SSSR count). The minimum Gasteiger partial charge on any atom is -0.496 e. The summed E-state index contributed by atoms with van der Waals surface area (Å²) in [5.74, 6) is 0.693. The van der Waals surface area contributed by atoms with Crippen LogP contribution in [0.2, 0.25) is 5.02 Å². The number of methoxy groups -OCH3 is 1. The number of nitro benzene ring substituents is 1. The first kappa shape index (κ1) is 14.8. The summed E-state index contributed by atoms with van der Waals surface area (Å²) in [6.45, 7) is 0. The molecule has 21 heavy (non-hydrogen) atoms. The first-order chi connectivity index (χ1) is 10.0. The van der Waals surface area contributed by atoms with Gasteiger partial charge in [-0.2, -0.15) is 0 Å². The van der Waals surface area contributed by atoms with E-state index in [1.807, 2.05) is 0 Å². The van der Waals surface area contributed by atoms with Crippen molar-refractivity contribution in [3.8, 4) is 17.2 Å². The van der Waals surface area contributed by atoms with Crippen molar-refractivity contribution in [3.05, 3.63) is 57.1 Å². The van der Waals surface area contributed by atoms with E-state index in [0.29, 0.717) is 23.3 Å². The highest BCUT2D eigenvalue weighted by molar-refractivity contribution is 6.33. The average Bonchev–Trinajstić information content (AvgIpc) is 2.47. The number of halogens is 1. The van der Waals surface area contributed by atoms with E-state index in [2.05, 4.69) is 0 Å². The fourth-order valence-electron chi connectivity index (χ4n) is 1.65. The Kier molecular flexibility index (Phi) is 4.39. The molecule has 0 fully saturated rings. The zero-order valence-corrected chi connectivity index (χ0v) is 11.7. The van der Waals surface area contributed by atoms with Crippen LogP contribution in [-0.4, -0.2) is 18.3 Å². The molecule has 0 spiro atoms. The van der Waals surface area contributed by atoms with Gasteiger partial charge in [-0.05, 0) is 24.3 Å². The fourth-order valence-corrected chi connectivity index (χ4v) is 1.86. The highest BCUT2D eigenvalue weighted by atomic mass is 35.5. The molecule has 0 atom stereocenters. The molecule has 0 unspecified atom stereocenters. The maximum atomic E-state index is 11.0. The van der Waals surface area contributed by atoms with E-state index < -0.39 is 4.92 Å². The van der Waals surface area contributed by atoms with Gasteiger partial charge in [-0.1, -0.05) is 11.6 Å². The molecule has 0 radical (unpaired) electrons. The summed E-state index contributed by atoms with van der Waals surface area (Å²) >= 11 is 5.88. The lowest BCUT2D eigenvalue weighted by atomic mass is 10.2. The number of ether oxygens (including phenoxy) is 2. The molecular formula is C14H10ClNO5. The number of rotatable bonds is 5. The molecule has 0 N–H and O–H groups in total. The standard InChI is InChI=1S/C14H10ClNO5/c1-20-10-4-5-14(13(7-10)16(18)19)21-11-3-2-9(8-17)12(15)6-11/h2-8H,1H3.